The third-order valence-electron chi connectivity index (χ3n) is 6.21. The van der Waals surface area contributed by atoms with E-state index in [9.17, 15) is 4.79 Å². The van der Waals surface area contributed by atoms with Crippen molar-refractivity contribution in [1.82, 2.24) is 0 Å². The molecule has 0 fully saturated rings. The molecule has 0 aliphatic carbocycles. The number of hydrogen-bond donors (Lipinski definition) is 0. The van der Waals surface area contributed by atoms with E-state index in [1.807, 2.05) is 0 Å². The summed E-state index contributed by atoms with van der Waals surface area (Å²) in [6.45, 7) is 4.49. The molecule has 1 atom stereocenters. The van der Waals surface area contributed by atoms with Gasteiger partial charge < -0.3 is 4.79 Å². The highest BCUT2D eigenvalue weighted by Crippen LogP contribution is 2.17. The second-order valence-corrected chi connectivity index (χ2v) is 9.18. The minimum Gasteiger partial charge on any atom is -0.303 e. The van der Waals surface area contributed by atoms with Gasteiger partial charge in [0.15, 0.2) is 0 Å². The maximum Gasteiger partial charge on any atom is 0.123 e. The van der Waals surface area contributed by atoms with Gasteiger partial charge in [0, 0.05) is 5.92 Å². The second-order valence-electron chi connectivity index (χ2n) is 9.18. The highest BCUT2D eigenvalue weighted by atomic mass is 16.1. The van der Waals surface area contributed by atoms with Crippen molar-refractivity contribution in [3.8, 4) is 0 Å². The molecule has 0 N–H and O–H groups in total. The SMILES string of the molecule is CCCCCCCCC=CCCCCCCCCCCCCC(C=O)CCCC. The molecule has 0 aromatic carbocycles. The smallest absolute Gasteiger partial charge is 0.123 e. The van der Waals surface area contributed by atoms with Crippen LogP contribution in [0.2, 0.25) is 0 Å². The van der Waals surface area contributed by atoms with Gasteiger partial charge in [-0.2, -0.15) is 0 Å². The largest absolute Gasteiger partial charge is 0.303 e. The summed E-state index contributed by atoms with van der Waals surface area (Å²) in [6, 6.07) is 0. The second kappa shape index (κ2) is 25.4. The van der Waals surface area contributed by atoms with Gasteiger partial charge in [-0.05, 0) is 38.5 Å². The van der Waals surface area contributed by atoms with Gasteiger partial charge in [0.1, 0.15) is 6.29 Å². The lowest BCUT2D eigenvalue weighted by molar-refractivity contribution is -0.111. The van der Waals surface area contributed by atoms with Gasteiger partial charge in [0.25, 0.3) is 0 Å². The molecule has 0 heterocycles. The Kier molecular flexibility index (Phi) is 24.9. The Labute approximate surface area is 184 Å². The fourth-order valence-electron chi connectivity index (χ4n) is 4.11. The number of hydrogen-bond acceptors (Lipinski definition) is 1. The van der Waals surface area contributed by atoms with Crippen LogP contribution < -0.4 is 0 Å². The summed E-state index contributed by atoms with van der Waals surface area (Å²) < 4.78 is 0. The zero-order valence-electron chi connectivity index (χ0n) is 20.3. The molecule has 0 aromatic heterocycles. The molecule has 0 aromatic rings. The van der Waals surface area contributed by atoms with Gasteiger partial charge in [-0.25, -0.2) is 0 Å². The van der Waals surface area contributed by atoms with Crippen molar-refractivity contribution in [3.05, 3.63) is 12.2 Å². The summed E-state index contributed by atoms with van der Waals surface area (Å²) >= 11 is 0. The summed E-state index contributed by atoms with van der Waals surface area (Å²) in [4.78, 5) is 11.0. The lowest BCUT2D eigenvalue weighted by Gasteiger charge is -2.09. The van der Waals surface area contributed by atoms with Crippen molar-refractivity contribution in [2.24, 2.45) is 5.92 Å². The third kappa shape index (κ3) is 23.6. The Balaban J connectivity index is 3.18. The summed E-state index contributed by atoms with van der Waals surface area (Å²) in [5.74, 6) is 0.334. The zero-order valence-corrected chi connectivity index (χ0v) is 20.3. The fourth-order valence-corrected chi connectivity index (χ4v) is 4.11. The minimum absolute atomic E-state index is 0.334. The van der Waals surface area contributed by atoms with Crippen LogP contribution in [0.4, 0.5) is 0 Å². The summed E-state index contributed by atoms with van der Waals surface area (Å²) in [5.41, 5.74) is 0. The van der Waals surface area contributed by atoms with Gasteiger partial charge in [-0.15, -0.1) is 0 Å². The molecule has 29 heavy (non-hydrogen) atoms. The van der Waals surface area contributed by atoms with E-state index in [2.05, 4.69) is 26.0 Å². The summed E-state index contributed by atoms with van der Waals surface area (Å²) in [6.07, 6.45) is 35.5. The van der Waals surface area contributed by atoms with Crippen LogP contribution in [0.25, 0.3) is 0 Å². The lowest BCUT2D eigenvalue weighted by Crippen LogP contribution is -2.01. The predicted octanol–water partition coefficient (Wildman–Crippen LogP) is 9.98. The Hall–Kier alpha value is -0.590. The lowest BCUT2D eigenvalue weighted by atomic mass is 9.96. The monoisotopic (exact) mass is 406 g/mol. The molecule has 1 unspecified atom stereocenters. The predicted molar refractivity (Wildman–Crippen MR) is 132 cm³/mol. The van der Waals surface area contributed by atoms with Crippen molar-refractivity contribution in [2.75, 3.05) is 0 Å². The summed E-state index contributed by atoms with van der Waals surface area (Å²) in [5, 5.41) is 0. The van der Waals surface area contributed by atoms with Crippen LogP contribution in [-0.4, -0.2) is 6.29 Å². The maximum atomic E-state index is 11.0. The van der Waals surface area contributed by atoms with E-state index in [1.165, 1.54) is 135 Å². The molecular formula is C28H54O. The molecule has 0 saturated heterocycles. The van der Waals surface area contributed by atoms with Crippen LogP contribution in [0.15, 0.2) is 12.2 Å². The number of unbranched alkanes of at least 4 members (excludes halogenated alkanes) is 17. The highest BCUT2D eigenvalue weighted by Gasteiger charge is 2.05. The molecule has 1 nitrogen and oxygen atoms in total. The number of rotatable bonds is 24. The molecule has 0 aliphatic rings. The quantitative estimate of drug-likeness (QED) is 0.0885. The van der Waals surface area contributed by atoms with E-state index < -0.39 is 0 Å². The third-order valence-corrected chi connectivity index (χ3v) is 6.21. The van der Waals surface area contributed by atoms with Crippen LogP contribution in [0.3, 0.4) is 0 Å². The Morgan fingerprint density at radius 1 is 0.483 bits per heavy atom. The van der Waals surface area contributed by atoms with Crippen molar-refractivity contribution in [3.63, 3.8) is 0 Å². The molecule has 0 saturated carbocycles. The van der Waals surface area contributed by atoms with Crippen LogP contribution >= 0.6 is 0 Å². The normalized spacial score (nSPS) is 12.6. The molecule has 172 valence electrons. The number of aldehydes is 1. The van der Waals surface area contributed by atoms with E-state index in [0.29, 0.717) is 5.92 Å². The van der Waals surface area contributed by atoms with E-state index in [0.717, 1.165) is 12.8 Å². The Bertz CT molecular complexity index is 333. The molecule has 0 spiro atoms. The highest BCUT2D eigenvalue weighted by molar-refractivity contribution is 5.53. The molecule has 0 aliphatic heterocycles. The van der Waals surface area contributed by atoms with E-state index in [-0.39, 0.29) is 0 Å². The number of allylic oxidation sites excluding steroid dienone is 2. The number of carbonyl (C=O) groups is 1. The standard InChI is InChI=1S/C28H54O/c1-3-5-7-8-9-10-11-12-13-14-15-16-17-18-19-20-21-22-23-24-26-28(27-29)25-6-4-2/h12-13,27-28H,3-11,14-26H2,1-2H3. The van der Waals surface area contributed by atoms with Gasteiger partial charge in [0.2, 0.25) is 0 Å². The summed E-state index contributed by atoms with van der Waals surface area (Å²) in [7, 11) is 0. The topological polar surface area (TPSA) is 17.1 Å². The molecule has 0 rings (SSSR count). The van der Waals surface area contributed by atoms with Gasteiger partial charge in [-0.3, -0.25) is 0 Å². The first kappa shape index (κ1) is 28.4. The van der Waals surface area contributed by atoms with Crippen LogP contribution in [0, 0.1) is 5.92 Å². The molecule has 1 heteroatoms. The van der Waals surface area contributed by atoms with Gasteiger partial charge >= 0.3 is 0 Å². The molecule has 0 bridgehead atoms. The Morgan fingerprint density at radius 3 is 1.31 bits per heavy atom. The first-order valence-corrected chi connectivity index (χ1v) is 13.4. The van der Waals surface area contributed by atoms with Crippen molar-refractivity contribution in [1.29, 1.82) is 0 Å². The van der Waals surface area contributed by atoms with Gasteiger partial charge in [0.05, 0.1) is 0 Å². The zero-order chi connectivity index (χ0) is 21.3. The van der Waals surface area contributed by atoms with Crippen molar-refractivity contribution in [2.45, 2.75) is 155 Å². The first-order chi connectivity index (χ1) is 14.3. The van der Waals surface area contributed by atoms with E-state index >= 15 is 0 Å². The molecule has 0 radical (unpaired) electrons. The van der Waals surface area contributed by atoms with Crippen LogP contribution in [0.1, 0.15) is 155 Å². The first-order valence-electron chi connectivity index (χ1n) is 13.4. The van der Waals surface area contributed by atoms with E-state index in [1.54, 1.807) is 0 Å². The average Bonchev–Trinajstić information content (AvgIpc) is 2.74. The Morgan fingerprint density at radius 2 is 0.862 bits per heavy atom. The molecule has 0 amide bonds. The van der Waals surface area contributed by atoms with Crippen molar-refractivity contribution < 1.29 is 4.79 Å². The van der Waals surface area contributed by atoms with Crippen molar-refractivity contribution >= 4 is 6.29 Å². The minimum atomic E-state index is 0.334. The maximum absolute atomic E-state index is 11.0. The van der Waals surface area contributed by atoms with Gasteiger partial charge in [-0.1, -0.05) is 129 Å². The fraction of sp³-hybridized carbons (Fsp3) is 0.893. The number of carbonyl (C=O) groups excluding carboxylic acids is 1. The average molecular weight is 407 g/mol. The van der Waals surface area contributed by atoms with E-state index in [4.69, 9.17) is 0 Å². The molecular weight excluding hydrogens is 352 g/mol. The van der Waals surface area contributed by atoms with Crippen LogP contribution in [-0.2, 0) is 4.79 Å². The van der Waals surface area contributed by atoms with Crippen LogP contribution in [0.5, 0.6) is 0 Å².